The van der Waals surface area contributed by atoms with Crippen molar-refractivity contribution in [2.75, 3.05) is 5.32 Å². The molecule has 1 aromatic heterocycles. The Balaban J connectivity index is 2.23. The number of nitrogens with zero attached hydrogens (tertiary/aromatic N) is 1. The van der Waals surface area contributed by atoms with Gasteiger partial charge in [0.05, 0.1) is 0 Å². The monoisotopic (exact) mass is 327 g/mol. The minimum absolute atomic E-state index is 0.383. The Morgan fingerprint density at radius 3 is 2.82 bits per heavy atom. The highest BCUT2D eigenvalue weighted by molar-refractivity contribution is 9.10. The van der Waals surface area contributed by atoms with Crippen molar-refractivity contribution in [2.45, 2.75) is 6.92 Å². The van der Waals surface area contributed by atoms with Crippen LogP contribution in [0.2, 0.25) is 0 Å². The SMILES string of the molecule is Cc1cnc(Nc2ccc(C(N)=S)c(Br)c2)s1. The second kappa shape index (κ2) is 5.12. The molecule has 0 radical (unpaired) electrons. The maximum absolute atomic E-state index is 5.59. The summed E-state index contributed by atoms with van der Waals surface area (Å²) in [6, 6.07) is 5.75. The van der Waals surface area contributed by atoms with Crippen LogP contribution in [0, 0.1) is 6.92 Å². The smallest absolute Gasteiger partial charge is 0.187 e. The van der Waals surface area contributed by atoms with E-state index in [1.54, 1.807) is 11.3 Å². The lowest BCUT2D eigenvalue weighted by molar-refractivity contribution is 1.36. The van der Waals surface area contributed by atoms with Crippen LogP contribution in [-0.4, -0.2) is 9.97 Å². The summed E-state index contributed by atoms with van der Waals surface area (Å²) < 4.78 is 0.878. The van der Waals surface area contributed by atoms with Crippen molar-refractivity contribution in [3.8, 4) is 0 Å². The minimum atomic E-state index is 0.383. The molecule has 0 aliphatic carbocycles. The Kier molecular flexibility index (Phi) is 3.76. The molecule has 0 bridgehead atoms. The van der Waals surface area contributed by atoms with E-state index in [-0.39, 0.29) is 0 Å². The molecular weight excluding hydrogens is 318 g/mol. The predicted molar refractivity (Wildman–Crippen MR) is 80.2 cm³/mol. The molecule has 2 aromatic rings. The molecule has 3 N–H and O–H groups in total. The lowest BCUT2D eigenvalue weighted by Crippen LogP contribution is -2.10. The van der Waals surface area contributed by atoms with Crippen molar-refractivity contribution in [2.24, 2.45) is 5.73 Å². The number of thiazole rings is 1. The number of hydrogen-bond acceptors (Lipinski definition) is 4. The first kappa shape index (κ1) is 12.5. The van der Waals surface area contributed by atoms with Crippen molar-refractivity contribution >= 4 is 55.3 Å². The molecule has 0 spiro atoms. The van der Waals surface area contributed by atoms with Gasteiger partial charge in [0.15, 0.2) is 5.13 Å². The number of thiocarbonyl (C=S) groups is 1. The number of aromatic nitrogens is 1. The Hall–Kier alpha value is -0.980. The van der Waals surface area contributed by atoms with Crippen LogP contribution < -0.4 is 11.1 Å². The van der Waals surface area contributed by atoms with Gasteiger partial charge in [0.25, 0.3) is 0 Å². The number of nitrogens with two attached hydrogens (primary N) is 1. The van der Waals surface area contributed by atoms with E-state index in [1.165, 1.54) is 4.88 Å². The molecule has 0 atom stereocenters. The first-order chi connectivity index (χ1) is 8.06. The minimum Gasteiger partial charge on any atom is -0.389 e. The zero-order valence-corrected chi connectivity index (χ0v) is 12.2. The molecule has 1 heterocycles. The summed E-state index contributed by atoms with van der Waals surface area (Å²) in [6.45, 7) is 2.02. The van der Waals surface area contributed by atoms with Crippen LogP contribution in [0.15, 0.2) is 28.9 Å². The van der Waals surface area contributed by atoms with Gasteiger partial charge in [-0.3, -0.25) is 0 Å². The summed E-state index contributed by atoms with van der Waals surface area (Å²) in [6.07, 6.45) is 1.84. The molecule has 0 aliphatic rings. The first-order valence-corrected chi connectivity index (χ1v) is 6.87. The molecule has 0 aliphatic heterocycles. The van der Waals surface area contributed by atoms with Crippen molar-refractivity contribution in [1.82, 2.24) is 4.98 Å². The summed E-state index contributed by atoms with van der Waals surface area (Å²) >= 11 is 10.00. The summed E-state index contributed by atoms with van der Waals surface area (Å²) in [5.74, 6) is 0. The maximum Gasteiger partial charge on any atom is 0.187 e. The van der Waals surface area contributed by atoms with Crippen LogP contribution in [0.5, 0.6) is 0 Å². The van der Waals surface area contributed by atoms with E-state index in [0.717, 1.165) is 20.9 Å². The maximum atomic E-state index is 5.59. The summed E-state index contributed by atoms with van der Waals surface area (Å²) in [7, 11) is 0. The zero-order valence-electron chi connectivity index (χ0n) is 9.03. The van der Waals surface area contributed by atoms with Crippen LogP contribution in [0.25, 0.3) is 0 Å². The second-order valence-electron chi connectivity index (χ2n) is 3.46. The Bertz CT molecular complexity index is 566. The molecule has 0 unspecified atom stereocenters. The molecule has 0 saturated heterocycles. The molecule has 0 fully saturated rings. The first-order valence-electron chi connectivity index (χ1n) is 4.85. The highest BCUT2D eigenvalue weighted by atomic mass is 79.9. The largest absolute Gasteiger partial charge is 0.389 e. The summed E-state index contributed by atoms with van der Waals surface area (Å²) in [5.41, 5.74) is 7.38. The number of benzene rings is 1. The number of rotatable bonds is 3. The van der Waals surface area contributed by atoms with Gasteiger partial charge in [0.1, 0.15) is 4.99 Å². The van der Waals surface area contributed by atoms with Gasteiger partial charge in [0, 0.05) is 26.8 Å². The zero-order chi connectivity index (χ0) is 12.4. The molecule has 6 heteroatoms. The molecule has 0 saturated carbocycles. The van der Waals surface area contributed by atoms with Crippen LogP contribution >= 0.6 is 39.5 Å². The third kappa shape index (κ3) is 3.02. The van der Waals surface area contributed by atoms with E-state index >= 15 is 0 Å². The Morgan fingerprint density at radius 1 is 1.53 bits per heavy atom. The fourth-order valence-corrected chi connectivity index (χ4v) is 2.91. The standard InChI is InChI=1S/C11H10BrN3S2/c1-6-5-14-11(17-6)15-7-2-3-8(10(13)16)9(12)4-7/h2-5H,1H3,(H2,13,16)(H,14,15). The van der Waals surface area contributed by atoms with Crippen LogP contribution in [0.4, 0.5) is 10.8 Å². The van der Waals surface area contributed by atoms with E-state index in [1.807, 2.05) is 31.3 Å². The molecule has 17 heavy (non-hydrogen) atoms. The number of aryl methyl sites for hydroxylation is 1. The molecule has 0 amide bonds. The van der Waals surface area contributed by atoms with Gasteiger partial charge in [-0.25, -0.2) is 4.98 Å². The number of anilines is 2. The average Bonchev–Trinajstić information content (AvgIpc) is 2.63. The lowest BCUT2D eigenvalue weighted by Gasteiger charge is -2.06. The van der Waals surface area contributed by atoms with Crippen molar-refractivity contribution in [3.63, 3.8) is 0 Å². The van der Waals surface area contributed by atoms with Crippen molar-refractivity contribution < 1.29 is 0 Å². The number of nitrogens with one attached hydrogen (secondary N) is 1. The van der Waals surface area contributed by atoms with Gasteiger partial charge in [-0.15, -0.1) is 11.3 Å². The summed E-state index contributed by atoms with van der Waals surface area (Å²) in [5, 5.41) is 4.10. The van der Waals surface area contributed by atoms with E-state index < -0.39 is 0 Å². The van der Waals surface area contributed by atoms with Gasteiger partial charge >= 0.3 is 0 Å². The molecule has 3 nitrogen and oxygen atoms in total. The van der Waals surface area contributed by atoms with Gasteiger partial charge in [-0.2, -0.15) is 0 Å². The van der Waals surface area contributed by atoms with E-state index in [4.69, 9.17) is 18.0 Å². The molecular formula is C11H10BrN3S2. The van der Waals surface area contributed by atoms with Gasteiger partial charge in [-0.1, -0.05) is 12.2 Å². The third-order valence-corrected chi connectivity index (χ3v) is 3.81. The van der Waals surface area contributed by atoms with Gasteiger partial charge in [0.2, 0.25) is 0 Å². The van der Waals surface area contributed by atoms with Crippen molar-refractivity contribution in [3.05, 3.63) is 39.3 Å². The number of hydrogen-bond donors (Lipinski definition) is 2. The lowest BCUT2D eigenvalue weighted by atomic mass is 10.2. The highest BCUT2D eigenvalue weighted by Gasteiger charge is 2.05. The topological polar surface area (TPSA) is 50.9 Å². The molecule has 88 valence electrons. The normalized spacial score (nSPS) is 10.2. The quantitative estimate of drug-likeness (QED) is 0.846. The fourth-order valence-electron chi connectivity index (χ4n) is 1.33. The van der Waals surface area contributed by atoms with E-state index in [0.29, 0.717) is 4.99 Å². The van der Waals surface area contributed by atoms with E-state index in [9.17, 15) is 0 Å². The molecule has 1 aromatic carbocycles. The van der Waals surface area contributed by atoms with Gasteiger partial charge < -0.3 is 11.1 Å². The predicted octanol–water partition coefficient (Wildman–Crippen LogP) is 3.59. The van der Waals surface area contributed by atoms with Crippen LogP contribution in [-0.2, 0) is 0 Å². The van der Waals surface area contributed by atoms with Crippen LogP contribution in [0.1, 0.15) is 10.4 Å². The fraction of sp³-hybridized carbons (Fsp3) is 0.0909. The molecule has 2 rings (SSSR count). The number of halogens is 1. The summed E-state index contributed by atoms with van der Waals surface area (Å²) in [4.78, 5) is 5.80. The van der Waals surface area contributed by atoms with Gasteiger partial charge in [-0.05, 0) is 41.1 Å². The Labute approximate surface area is 117 Å². The Morgan fingerprint density at radius 2 is 2.29 bits per heavy atom. The van der Waals surface area contributed by atoms with E-state index in [2.05, 4.69) is 26.2 Å². The third-order valence-electron chi connectivity index (χ3n) is 2.11. The average molecular weight is 328 g/mol. The van der Waals surface area contributed by atoms with Crippen molar-refractivity contribution in [1.29, 1.82) is 0 Å². The van der Waals surface area contributed by atoms with Crippen LogP contribution in [0.3, 0.4) is 0 Å². The highest BCUT2D eigenvalue weighted by Crippen LogP contribution is 2.26. The second-order valence-corrected chi connectivity index (χ2v) is 5.99.